The fourth-order valence-corrected chi connectivity index (χ4v) is 6.43. The Bertz CT molecular complexity index is 1430. The van der Waals surface area contributed by atoms with Crippen molar-refractivity contribution < 1.29 is 22.4 Å². The van der Waals surface area contributed by atoms with E-state index in [1.165, 1.54) is 48.5 Å². The lowest BCUT2D eigenvalue weighted by Crippen LogP contribution is -2.54. The number of sulfone groups is 1. The van der Waals surface area contributed by atoms with Gasteiger partial charge in [0, 0.05) is 18.8 Å². The minimum atomic E-state index is -3.64. The number of amides is 3. The topological polar surface area (TPSA) is 86.6 Å². The van der Waals surface area contributed by atoms with Crippen molar-refractivity contribution in [3.8, 4) is 0 Å². The highest BCUT2D eigenvalue weighted by molar-refractivity contribution is 7.92. The second kappa shape index (κ2) is 9.47. The lowest BCUT2D eigenvalue weighted by molar-refractivity contribution is -0.126. The Morgan fingerprint density at radius 2 is 1.68 bits per heavy atom. The van der Waals surface area contributed by atoms with Crippen LogP contribution in [0.1, 0.15) is 26.3 Å². The average molecular weight is 627 g/mol. The summed E-state index contributed by atoms with van der Waals surface area (Å²) < 4.78 is 37.0. The Morgan fingerprint density at radius 3 is 2.21 bits per heavy atom. The molecule has 2 aromatic carbocycles. The molecule has 3 amide bonds. The molecule has 38 heavy (non-hydrogen) atoms. The smallest absolute Gasteiger partial charge is 0.364 e. The number of urea groups is 1. The molecule has 5 atom stereocenters. The zero-order valence-corrected chi connectivity index (χ0v) is 24.9. The van der Waals surface area contributed by atoms with Gasteiger partial charge < -0.3 is 5.32 Å². The maximum absolute atomic E-state index is 15.0. The zero-order chi connectivity index (χ0) is 28.6. The van der Waals surface area contributed by atoms with Crippen molar-refractivity contribution in [2.75, 3.05) is 12.4 Å². The molecule has 2 aliphatic heterocycles. The van der Waals surface area contributed by atoms with E-state index in [-0.39, 0.29) is 10.6 Å². The number of alkyl halides is 4. The highest BCUT2D eigenvalue weighted by atomic mass is 35.6. The van der Waals surface area contributed by atoms with Gasteiger partial charge in [-0.3, -0.25) is 4.79 Å². The van der Waals surface area contributed by atoms with Crippen LogP contribution in [0.15, 0.2) is 47.4 Å². The number of imide groups is 1. The lowest BCUT2D eigenvalue weighted by atomic mass is 10.2. The first-order chi connectivity index (χ1) is 17.4. The van der Waals surface area contributed by atoms with Crippen LogP contribution >= 0.6 is 46.4 Å². The monoisotopic (exact) mass is 625 g/mol. The molecule has 2 heterocycles. The maximum atomic E-state index is 15.0. The summed E-state index contributed by atoms with van der Waals surface area (Å²) in [5.41, 5.74) is 0.861. The molecule has 0 aromatic heterocycles. The molecular formula is C24H26Cl4FN4O4S+. The van der Waals surface area contributed by atoms with Crippen molar-refractivity contribution in [2.45, 2.75) is 58.8 Å². The normalized spacial score (nSPS) is 25.3. The summed E-state index contributed by atoms with van der Waals surface area (Å²) >= 11 is 25.1. The van der Waals surface area contributed by atoms with Gasteiger partial charge in [-0.15, -0.1) is 11.6 Å². The van der Waals surface area contributed by atoms with E-state index in [4.69, 9.17) is 46.4 Å². The van der Waals surface area contributed by atoms with E-state index in [1.54, 1.807) is 33.8 Å². The average Bonchev–Trinajstić information content (AvgIpc) is 3.45. The maximum Gasteiger partial charge on any atom is 0.452 e. The molecule has 2 aliphatic rings. The molecule has 1 N–H and O–H groups in total. The standard InChI is InChI=1S/C24H26Cl4FN4O4S/c1-13-12-14(38(36,37)23(2,3)4)10-11-16(13)30-19(18(25)24(26,27)28)32-20-21(34)31(5)22(35)33(20,32)17-9-7-6-8-15(17)29/h6-12,18-20,30H,1-5H3/q+1. The summed E-state index contributed by atoms with van der Waals surface area (Å²) in [6.45, 7) is 6.48. The summed E-state index contributed by atoms with van der Waals surface area (Å²) in [7, 11) is -2.33. The third-order valence-electron chi connectivity index (χ3n) is 6.76. The molecule has 4 rings (SSSR count). The minimum Gasteiger partial charge on any atom is -0.364 e. The molecule has 0 saturated carbocycles. The fourth-order valence-electron chi connectivity index (χ4n) is 4.61. The number of likely N-dealkylation sites (N-methyl/N-ethyl adjacent to an activating group) is 1. The van der Waals surface area contributed by atoms with E-state index in [1.807, 2.05) is 0 Å². The van der Waals surface area contributed by atoms with Gasteiger partial charge in [0.2, 0.25) is 3.79 Å². The largest absolute Gasteiger partial charge is 0.452 e. The van der Waals surface area contributed by atoms with Gasteiger partial charge in [-0.1, -0.05) is 51.5 Å². The van der Waals surface area contributed by atoms with Crippen molar-refractivity contribution in [3.63, 3.8) is 0 Å². The van der Waals surface area contributed by atoms with Gasteiger partial charge in [0.25, 0.3) is 0 Å². The van der Waals surface area contributed by atoms with E-state index >= 15 is 4.39 Å². The molecule has 2 aromatic rings. The second-order valence-corrected chi connectivity index (χ2v) is 15.7. The van der Waals surface area contributed by atoms with Crippen LogP contribution in [0.4, 0.5) is 20.6 Å². The van der Waals surface area contributed by atoms with Crippen molar-refractivity contribution >= 4 is 79.6 Å². The molecule has 206 valence electrons. The zero-order valence-electron chi connectivity index (χ0n) is 21.0. The van der Waals surface area contributed by atoms with Gasteiger partial charge >= 0.3 is 18.1 Å². The molecule has 2 saturated heterocycles. The van der Waals surface area contributed by atoms with E-state index in [0.717, 1.165) is 4.90 Å². The van der Waals surface area contributed by atoms with Gasteiger partial charge in [-0.05, 0) is 62.5 Å². The van der Waals surface area contributed by atoms with E-state index in [2.05, 4.69) is 5.32 Å². The third-order valence-corrected chi connectivity index (χ3v) is 10.9. The van der Waals surface area contributed by atoms with Crippen LogP contribution in [0.3, 0.4) is 0 Å². The fraction of sp³-hybridized carbons (Fsp3) is 0.417. The highest BCUT2D eigenvalue weighted by Gasteiger charge is 2.86. The van der Waals surface area contributed by atoms with Gasteiger partial charge in [0.05, 0.1) is 9.64 Å². The van der Waals surface area contributed by atoms with Crippen LogP contribution in [0.5, 0.6) is 0 Å². The molecule has 8 nitrogen and oxygen atoms in total. The van der Waals surface area contributed by atoms with Crippen LogP contribution in [0, 0.1) is 12.7 Å². The molecule has 5 unspecified atom stereocenters. The minimum absolute atomic E-state index is 0.0662. The number of carbonyl (C=O) groups excluding carboxylic acids is 2. The first-order valence-corrected chi connectivity index (χ1v) is 14.5. The number of fused-ring (bicyclic) bond motifs is 1. The number of hydrogen-bond acceptors (Lipinski definition) is 6. The number of aryl methyl sites for hydroxylation is 1. The first kappa shape index (κ1) is 29.3. The Kier molecular flexibility index (Phi) is 7.31. The number of hydrogen-bond donors (Lipinski definition) is 1. The summed E-state index contributed by atoms with van der Waals surface area (Å²) in [6, 6.07) is 9.34. The van der Waals surface area contributed by atoms with Gasteiger partial charge in [0.1, 0.15) is 5.38 Å². The summed E-state index contributed by atoms with van der Waals surface area (Å²) in [4.78, 5) is 27.5. The van der Waals surface area contributed by atoms with E-state index < -0.39 is 58.4 Å². The summed E-state index contributed by atoms with van der Waals surface area (Å²) in [6.07, 6.45) is -2.34. The number of nitrogens with one attached hydrogen (secondary N) is 1. The molecule has 0 spiro atoms. The first-order valence-electron chi connectivity index (χ1n) is 11.5. The van der Waals surface area contributed by atoms with Crippen molar-refractivity contribution in [2.24, 2.45) is 0 Å². The van der Waals surface area contributed by atoms with Crippen molar-refractivity contribution in [1.82, 2.24) is 14.5 Å². The van der Waals surface area contributed by atoms with Crippen LogP contribution < -0.4 is 9.91 Å². The Balaban J connectivity index is 1.81. The molecule has 0 radical (unpaired) electrons. The van der Waals surface area contributed by atoms with Crippen molar-refractivity contribution in [3.05, 3.63) is 53.8 Å². The number of rotatable bonds is 6. The molecule has 14 heteroatoms. The molecule has 0 aliphatic carbocycles. The predicted molar refractivity (Wildman–Crippen MR) is 147 cm³/mol. The quantitative estimate of drug-likeness (QED) is 0.195. The van der Waals surface area contributed by atoms with Gasteiger partial charge in [0.15, 0.2) is 27.5 Å². The number of nitrogens with zero attached hydrogens (tertiary/aromatic N) is 3. The van der Waals surface area contributed by atoms with Crippen LogP contribution in [-0.2, 0) is 14.6 Å². The van der Waals surface area contributed by atoms with E-state index in [0.29, 0.717) is 11.3 Å². The van der Waals surface area contributed by atoms with Crippen LogP contribution in [0.25, 0.3) is 0 Å². The Morgan fingerprint density at radius 1 is 1.08 bits per heavy atom. The van der Waals surface area contributed by atoms with E-state index in [9.17, 15) is 18.0 Å². The summed E-state index contributed by atoms with van der Waals surface area (Å²) in [5, 5.41) is 3.12. The van der Waals surface area contributed by atoms with Crippen LogP contribution in [0.2, 0.25) is 0 Å². The number of para-hydroxylation sites is 1. The number of anilines is 1. The number of quaternary nitrogens is 1. The number of halogens is 5. The predicted octanol–water partition coefficient (Wildman–Crippen LogP) is 5.58. The second-order valence-electron chi connectivity index (χ2n) is 10.2. The molecular weight excluding hydrogens is 601 g/mol. The number of carbonyl (C=O) groups is 2. The third kappa shape index (κ3) is 4.38. The van der Waals surface area contributed by atoms with Crippen molar-refractivity contribution in [1.29, 1.82) is 0 Å². The highest BCUT2D eigenvalue weighted by Crippen LogP contribution is 2.54. The van der Waals surface area contributed by atoms with Gasteiger partial charge in [-0.25, -0.2) is 22.5 Å². The molecule has 0 bridgehead atoms. The Labute approximate surface area is 240 Å². The van der Waals surface area contributed by atoms with Gasteiger partial charge in [-0.2, -0.15) is 0 Å². The summed E-state index contributed by atoms with van der Waals surface area (Å²) in [5.74, 6) is -1.29. The Hall–Kier alpha value is -1.66. The SMILES string of the molecule is Cc1cc(S(=O)(=O)C(C)(C)C)ccc1NC(C(Cl)C(Cl)(Cl)Cl)N1C2C(=O)N(C)C(=O)[N+]21c1ccccc1F. The van der Waals surface area contributed by atoms with Crippen LogP contribution in [-0.4, -0.2) is 63.6 Å². The molecule has 2 fully saturated rings. The lowest BCUT2D eigenvalue weighted by Gasteiger charge is -2.31. The number of benzene rings is 2.